The summed E-state index contributed by atoms with van der Waals surface area (Å²) in [6.45, 7) is 4.41. The maximum atomic E-state index is 12.3. The molecule has 2 aromatic heterocycles. The molecular formula is C17H20N4O4. The monoisotopic (exact) mass is 344 g/mol. The first-order valence-corrected chi connectivity index (χ1v) is 8.21. The van der Waals surface area contributed by atoms with Crippen LogP contribution in [0.2, 0.25) is 0 Å². The molecule has 8 nitrogen and oxygen atoms in total. The lowest BCUT2D eigenvalue weighted by molar-refractivity contribution is -0.131. The lowest BCUT2D eigenvalue weighted by atomic mass is 9.81. The molecule has 1 saturated carbocycles. The van der Waals surface area contributed by atoms with Gasteiger partial charge in [0.2, 0.25) is 0 Å². The first kappa shape index (κ1) is 17.2. The number of carbonyl (C=O) groups excluding carboxylic acids is 3. The number of nitrogens with zero attached hydrogens (tertiary/aromatic N) is 3. The van der Waals surface area contributed by atoms with Crippen molar-refractivity contribution in [3.63, 3.8) is 0 Å². The molecule has 0 radical (unpaired) electrons. The Hall–Kier alpha value is -2.64. The summed E-state index contributed by atoms with van der Waals surface area (Å²) in [5.41, 5.74) is 0.217. The van der Waals surface area contributed by atoms with Gasteiger partial charge in [-0.1, -0.05) is 0 Å². The van der Waals surface area contributed by atoms with Gasteiger partial charge in [0.05, 0.1) is 12.7 Å². The molecule has 0 aliphatic heterocycles. The Morgan fingerprint density at radius 2 is 1.84 bits per heavy atom. The second-order valence-electron chi connectivity index (χ2n) is 6.80. The van der Waals surface area contributed by atoms with Crippen molar-refractivity contribution in [1.82, 2.24) is 19.5 Å². The average Bonchev–Trinajstić information content (AvgIpc) is 3.08. The van der Waals surface area contributed by atoms with E-state index in [0.29, 0.717) is 12.1 Å². The summed E-state index contributed by atoms with van der Waals surface area (Å²) in [7, 11) is 0. The minimum atomic E-state index is -0.555. The quantitative estimate of drug-likeness (QED) is 0.867. The standard InChI is InChI=1S/C17H20N4O4/c1-8(22)4-11-5-12(14(10(3)24)13(11)9(2)23)21-7-20-15-16(21)18-6-19-17(15)25/h6-7,11-14H,4-5H2,1-3H3,(H,18,19,25)/t11-,12-,13+,14-/m0/s1. The summed E-state index contributed by atoms with van der Waals surface area (Å²) < 4.78 is 1.70. The maximum Gasteiger partial charge on any atom is 0.278 e. The Morgan fingerprint density at radius 3 is 2.44 bits per heavy atom. The SMILES string of the molecule is CC(=O)C[C@H]1C[C@H](n2cnc3c(=O)[nH]cnc32)[C@H](C(C)=O)[C@@H]1C(C)=O. The number of hydrogen-bond acceptors (Lipinski definition) is 6. The van der Waals surface area contributed by atoms with Gasteiger partial charge in [-0.05, 0) is 33.1 Å². The number of rotatable bonds is 5. The second kappa shape index (κ2) is 6.34. The lowest BCUT2D eigenvalue weighted by Gasteiger charge is -2.23. The van der Waals surface area contributed by atoms with Crippen molar-refractivity contribution in [3.05, 3.63) is 23.0 Å². The Labute approximate surface area is 143 Å². The van der Waals surface area contributed by atoms with Crippen LogP contribution in [0.25, 0.3) is 11.2 Å². The Bertz CT molecular complexity index is 913. The van der Waals surface area contributed by atoms with Crippen LogP contribution < -0.4 is 5.56 Å². The highest BCUT2D eigenvalue weighted by Gasteiger charge is 2.49. The first-order chi connectivity index (χ1) is 11.8. The lowest BCUT2D eigenvalue weighted by Crippen LogP contribution is -2.31. The highest BCUT2D eigenvalue weighted by molar-refractivity contribution is 5.89. The van der Waals surface area contributed by atoms with Crippen molar-refractivity contribution in [3.8, 4) is 0 Å². The summed E-state index contributed by atoms with van der Waals surface area (Å²) in [4.78, 5) is 58.8. The molecular weight excluding hydrogens is 324 g/mol. The number of imidazole rings is 1. The van der Waals surface area contributed by atoms with Crippen LogP contribution in [0.3, 0.4) is 0 Å². The van der Waals surface area contributed by atoms with Gasteiger partial charge in [0.25, 0.3) is 5.56 Å². The second-order valence-corrected chi connectivity index (χ2v) is 6.80. The molecule has 0 bridgehead atoms. The van der Waals surface area contributed by atoms with Gasteiger partial charge < -0.3 is 14.3 Å². The smallest absolute Gasteiger partial charge is 0.278 e. The van der Waals surface area contributed by atoms with E-state index in [-0.39, 0.29) is 46.8 Å². The van der Waals surface area contributed by atoms with Crippen LogP contribution in [0, 0.1) is 17.8 Å². The van der Waals surface area contributed by atoms with Crippen molar-refractivity contribution in [1.29, 1.82) is 0 Å². The Balaban J connectivity index is 2.11. The van der Waals surface area contributed by atoms with Gasteiger partial charge in [-0.15, -0.1) is 0 Å². The van der Waals surface area contributed by atoms with Gasteiger partial charge in [0.15, 0.2) is 11.2 Å². The van der Waals surface area contributed by atoms with Crippen molar-refractivity contribution in [2.24, 2.45) is 17.8 Å². The summed E-state index contributed by atoms with van der Waals surface area (Å²) >= 11 is 0. The minimum absolute atomic E-state index is 0.00994. The number of carbonyl (C=O) groups is 3. The number of ketones is 3. The fourth-order valence-corrected chi connectivity index (χ4v) is 4.22. The molecule has 1 aliphatic carbocycles. The highest BCUT2D eigenvalue weighted by Crippen LogP contribution is 2.47. The van der Waals surface area contributed by atoms with Gasteiger partial charge >= 0.3 is 0 Å². The predicted octanol–water partition coefficient (Wildman–Crippen LogP) is 1.07. The number of fused-ring (bicyclic) bond motifs is 1. The molecule has 132 valence electrons. The Morgan fingerprint density at radius 1 is 1.16 bits per heavy atom. The van der Waals surface area contributed by atoms with Crippen LogP contribution in [0.5, 0.6) is 0 Å². The summed E-state index contributed by atoms with van der Waals surface area (Å²) in [5, 5.41) is 0. The van der Waals surface area contributed by atoms with E-state index < -0.39 is 11.8 Å². The van der Waals surface area contributed by atoms with Crippen molar-refractivity contribution < 1.29 is 14.4 Å². The van der Waals surface area contributed by atoms with Crippen LogP contribution in [0.15, 0.2) is 17.4 Å². The van der Waals surface area contributed by atoms with Crippen molar-refractivity contribution in [2.75, 3.05) is 0 Å². The molecule has 0 unspecified atom stereocenters. The molecule has 0 aromatic carbocycles. The number of aromatic nitrogens is 4. The molecule has 0 amide bonds. The molecule has 1 N–H and O–H groups in total. The molecule has 2 aromatic rings. The molecule has 2 heterocycles. The molecule has 0 spiro atoms. The van der Waals surface area contributed by atoms with Crippen LogP contribution in [-0.4, -0.2) is 36.9 Å². The van der Waals surface area contributed by atoms with E-state index in [0.717, 1.165) is 0 Å². The highest BCUT2D eigenvalue weighted by atomic mass is 16.1. The Kier molecular flexibility index (Phi) is 4.36. The topological polar surface area (TPSA) is 115 Å². The third-order valence-electron chi connectivity index (χ3n) is 5.06. The van der Waals surface area contributed by atoms with Crippen LogP contribution in [0.4, 0.5) is 0 Å². The van der Waals surface area contributed by atoms with E-state index in [1.54, 1.807) is 4.57 Å². The van der Waals surface area contributed by atoms with E-state index in [9.17, 15) is 19.2 Å². The molecule has 1 aliphatic rings. The number of hydrogen-bond donors (Lipinski definition) is 1. The number of aromatic amines is 1. The number of nitrogens with one attached hydrogen (secondary N) is 1. The third-order valence-corrected chi connectivity index (χ3v) is 5.06. The van der Waals surface area contributed by atoms with E-state index >= 15 is 0 Å². The third kappa shape index (κ3) is 2.92. The number of H-pyrrole nitrogens is 1. The van der Waals surface area contributed by atoms with Crippen LogP contribution >= 0.6 is 0 Å². The average molecular weight is 344 g/mol. The van der Waals surface area contributed by atoms with Crippen LogP contribution in [-0.2, 0) is 14.4 Å². The summed E-state index contributed by atoms with van der Waals surface area (Å²) in [6.07, 6.45) is 3.52. The largest absolute Gasteiger partial charge is 0.311 e. The van der Waals surface area contributed by atoms with Crippen LogP contribution in [0.1, 0.15) is 39.7 Å². The van der Waals surface area contributed by atoms with Gasteiger partial charge in [-0.25, -0.2) is 9.97 Å². The normalized spacial score (nSPS) is 26.0. The van der Waals surface area contributed by atoms with E-state index in [1.807, 2.05) is 0 Å². The number of Topliss-reactive ketones (excluding diaryl/α,β-unsaturated/α-hetero) is 3. The zero-order valence-electron chi connectivity index (χ0n) is 14.4. The minimum Gasteiger partial charge on any atom is -0.311 e. The summed E-state index contributed by atoms with van der Waals surface area (Å²) in [5.74, 6) is -1.48. The molecule has 8 heteroatoms. The fourth-order valence-electron chi connectivity index (χ4n) is 4.22. The predicted molar refractivity (Wildman–Crippen MR) is 88.9 cm³/mol. The van der Waals surface area contributed by atoms with Crippen molar-refractivity contribution >= 4 is 28.5 Å². The summed E-state index contributed by atoms with van der Waals surface area (Å²) in [6, 6.07) is -0.352. The molecule has 3 rings (SSSR count). The van der Waals surface area contributed by atoms with E-state index in [4.69, 9.17) is 0 Å². The van der Waals surface area contributed by atoms with Gasteiger partial charge in [0.1, 0.15) is 17.3 Å². The maximum absolute atomic E-state index is 12.3. The molecule has 1 fully saturated rings. The zero-order valence-corrected chi connectivity index (χ0v) is 14.4. The van der Waals surface area contributed by atoms with Gasteiger partial charge in [0, 0.05) is 24.3 Å². The molecule has 0 saturated heterocycles. The van der Waals surface area contributed by atoms with Gasteiger partial charge in [-0.3, -0.25) is 14.4 Å². The van der Waals surface area contributed by atoms with E-state index in [1.165, 1.54) is 33.4 Å². The van der Waals surface area contributed by atoms with Crippen molar-refractivity contribution in [2.45, 2.75) is 39.7 Å². The zero-order chi connectivity index (χ0) is 18.3. The molecule has 4 atom stereocenters. The first-order valence-electron chi connectivity index (χ1n) is 8.21. The molecule has 25 heavy (non-hydrogen) atoms. The van der Waals surface area contributed by atoms with E-state index in [2.05, 4.69) is 15.0 Å². The fraction of sp³-hybridized carbons (Fsp3) is 0.529. The van der Waals surface area contributed by atoms with Gasteiger partial charge in [-0.2, -0.15) is 0 Å².